The van der Waals surface area contributed by atoms with Crippen LogP contribution >= 0.6 is 0 Å². The standard InChI is InChI=1S/C22H21N5O5/c1-26-19-17(21(29)27(2)22(26)30)24-18(25-19)12-5-8-14(9-6-12)23-20(28)13-7-10-15(31-3)16(11-13)32-4/h5-11H,1-4H3,(H,23,28)(H,24,25). The number of aromatic amines is 1. The number of carbonyl (C=O) groups excluding carboxylic acids is 1. The van der Waals surface area contributed by atoms with Crippen LogP contribution in [0.2, 0.25) is 0 Å². The van der Waals surface area contributed by atoms with Gasteiger partial charge in [0, 0.05) is 30.9 Å². The molecule has 2 aromatic heterocycles. The van der Waals surface area contributed by atoms with Gasteiger partial charge in [-0.05, 0) is 42.5 Å². The average molecular weight is 435 g/mol. The van der Waals surface area contributed by atoms with Crippen molar-refractivity contribution in [2.45, 2.75) is 0 Å². The van der Waals surface area contributed by atoms with Crippen molar-refractivity contribution in [3.05, 3.63) is 68.9 Å². The zero-order valence-corrected chi connectivity index (χ0v) is 17.9. The van der Waals surface area contributed by atoms with Crippen LogP contribution in [0, 0.1) is 0 Å². The van der Waals surface area contributed by atoms with E-state index in [4.69, 9.17) is 9.47 Å². The molecule has 0 radical (unpaired) electrons. The lowest BCUT2D eigenvalue weighted by Gasteiger charge is -2.10. The first-order valence-electron chi connectivity index (χ1n) is 9.63. The summed E-state index contributed by atoms with van der Waals surface area (Å²) in [5.41, 5.74) is 1.32. The third-order valence-corrected chi connectivity index (χ3v) is 5.16. The van der Waals surface area contributed by atoms with Gasteiger partial charge in [0.2, 0.25) is 0 Å². The van der Waals surface area contributed by atoms with Crippen LogP contribution in [0.1, 0.15) is 10.4 Å². The van der Waals surface area contributed by atoms with Crippen molar-refractivity contribution < 1.29 is 14.3 Å². The van der Waals surface area contributed by atoms with Gasteiger partial charge in [-0.25, -0.2) is 9.78 Å². The topological polar surface area (TPSA) is 120 Å². The molecular formula is C22H21N5O5. The zero-order chi connectivity index (χ0) is 23.0. The van der Waals surface area contributed by atoms with E-state index >= 15 is 0 Å². The van der Waals surface area contributed by atoms with E-state index in [0.29, 0.717) is 34.1 Å². The Balaban J connectivity index is 1.59. The summed E-state index contributed by atoms with van der Waals surface area (Å²) in [5, 5.41) is 2.82. The zero-order valence-electron chi connectivity index (χ0n) is 17.9. The molecule has 0 saturated heterocycles. The molecule has 164 valence electrons. The number of H-pyrrole nitrogens is 1. The van der Waals surface area contributed by atoms with Crippen molar-refractivity contribution in [3.63, 3.8) is 0 Å². The van der Waals surface area contributed by atoms with E-state index in [1.807, 2.05) is 0 Å². The molecule has 2 heterocycles. The second-order valence-electron chi connectivity index (χ2n) is 7.09. The molecule has 0 spiro atoms. The maximum atomic E-state index is 12.6. The van der Waals surface area contributed by atoms with Gasteiger partial charge in [-0.2, -0.15) is 0 Å². The van der Waals surface area contributed by atoms with Gasteiger partial charge in [0.05, 0.1) is 14.2 Å². The van der Waals surface area contributed by atoms with Gasteiger partial charge >= 0.3 is 5.69 Å². The first-order chi connectivity index (χ1) is 15.3. The number of nitrogens with one attached hydrogen (secondary N) is 2. The fourth-order valence-corrected chi connectivity index (χ4v) is 3.35. The molecule has 4 aromatic rings. The van der Waals surface area contributed by atoms with Crippen LogP contribution in [-0.4, -0.2) is 39.2 Å². The fraction of sp³-hybridized carbons (Fsp3) is 0.182. The Labute approximate surface area is 182 Å². The van der Waals surface area contributed by atoms with E-state index in [0.717, 1.165) is 4.57 Å². The average Bonchev–Trinajstić information content (AvgIpc) is 3.27. The highest BCUT2D eigenvalue weighted by Gasteiger charge is 2.15. The number of amides is 1. The summed E-state index contributed by atoms with van der Waals surface area (Å²) in [6, 6.07) is 11.9. The third-order valence-electron chi connectivity index (χ3n) is 5.16. The fourth-order valence-electron chi connectivity index (χ4n) is 3.35. The number of aromatic nitrogens is 4. The minimum absolute atomic E-state index is 0.246. The van der Waals surface area contributed by atoms with Gasteiger partial charge in [-0.15, -0.1) is 0 Å². The highest BCUT2D eigenvalue weighted by Crippen LogP contribution is 2.28. The Morgan fingerprint density at radius 1 is 0.969 bits per heavy atom. The largest absolute Gasteiger partial charge is 0.493 e. The van der Waals surface area contributed by atoms with E-state index < -0.39 is 11.2 Å². The van der Waals surface area contributed by atoms with Crippen LogP contribution in [0.3, 0.4) is 0 Å². The molecule has 10 nitrogen and oxygen atoms in total. The predicted octanol–water partition coefficient (Wildman–Crippen LogP) is 1.90. The molecule has 1 amide bonds. The van der Waals surface area contributed by atoms with E-state index in [9.17, 15) is 14.4 Å². The van der Waals surface area contributed by atoms with Gasteiger partial charge in [0.15, 0.2) is 17.1 Å². The molecule has 10 heteroatoms. The molecule has 0 aliphatic rings. The van der Waals surface area contributed by atoms with E-state index in [1.165, 1.54) is 25.8 Å². The molecule has 0 fully saturated rings. The number of imidazole rings is 1. The molecule has 2 N–H and O–H groups in total. The van der Waals surface area contributed by atoms with Crippen molar-refractivity contribution in [3.8, 4) is 22.9 Å². The lowest BCUT2D eigenvalue weighted by Crippen LogP contribution is -2.36. The van der Waals surface area contributed by atoms with Crippen molar-refractivity contribution in [1.82, 2.24) is 19.1 Å². The number of aryl methyl sites for hydroxylation is 1. The molecule has 0 saturated carbocycles. The first-order valence-corrected chi connectivity index (χ1v) is 9.63. The van der Waals surface area contributed by atoms with E-state index in [-0.39, 0.29) is 17.1 Å². The van der Waals surface area contributed by atoms with Gasteiger partial charge < -0.3 is 19.8 Å². The van der Waals surface area contributed by atoms with Gasteiger partial charge in [0.25, 0.3) is 11.5 Å². The summed E-state index contributed by atoms with van der Waals surface area (Å²) in [4.78, 5) is 44.4. The van der Waals surface area contributed by atoms with E-state index in [1.54, 1.807) is 49.5 Å². The maximum absolute atomic E-state index is 12.6. The molecule has 0 aliphatic heterocycles. The van der Waals surface area contributed by atoms with Crippen LogP contribution in [0.5, 0.6) is 11.5 Å². The van der Waals surface area contributed by atoms with Gasteiger partial charge in [-0.1, -0.05) is 0 Å². The number of fused-ring (bicyclic) bond motifs is 1. The molecule has 0 atom stereocenters. The quantitative estimate of drug-likeness (QED) is 0.494. The smallest absolute Gasteiger partial charge is 0.332 e. The molecule has 4 rings (SSSR count). The number of anilines is 1. The highest BCUT2D eigenvalue weighted by atomic mass is 16.5. The molecule has 0 bridgehead atoms. The number of hydrogen-bond donors (Lipinski definition) is 2. The number of nitrogens with zero attached hydrogens (tertiary/aromatic N) is 3. The Morgan fingerprint density at radius 3 is 2.31 bits per heavy atom. The Hall–Kier alpha value is -4.34. The summed E-state index contributed by atoms with van der Waals surface area (Å²) in [5.74, 6) is 1.13. The first kappa shape index (κ1) is 20.9. The third kappa shape index (κ3) is 3.51. The molecular weight excluding hydrogens is 414 g/mol. The molecule has 2 aromatic carbocycles. The van der Waals surface area contributed by atoms with Crippen molar-refractivity contribution in [2.75, 3.05) is 19.5 Å². The summed E-state index contributed by atoms with van der Waals surface area (Å²) < 4.78 is 12.8. The number of methoxy groups -OCH3 is 2. The number of rotatable bonds is 5. The minimum Gasteiger partial charge on any atom is -0.493 e. The normalized spacial score (nSPS) is 10.9. The Kier molecular flexibility index (Phi) is 5.27. The molecule has 32 heavy (non-hydrogen) atoms. The minimum atomic E-state index is -0.450. The number of hydrogen-bond acceptors (Lipinski definition) is 6. The van der Waals surface area contributed by atoms with Crippen LogP contribution < -0.4 is 26.0 Å². The number of ether oxygens (including phenoxy) is 2. The SMILES string of the molecule is COc1ccc(C(=O)Nc2ccc(-c3nc4c([nH]3)c(=O)n(C)c(=O)n4C)cc2)cc1OC. The van der Waals surface area contributed by atoms with E-state index in [2.05, 4.69) is 15.3 Å². The molecule has 0 unspecified atom stereocenters. The van der Waals surface area contributed by atoms with Gasteiger partial charge in [0.1, 0.15) is 11.3 Å². The molecule has 0 aliphatic carbocycles. The van der Waals surface area contributed by atoms with Crippen molar-refractivity contribution in [2.24, 2.45) is 14.1 Å². The maximum Gasteiger partial charge on any atom is 0.332 e. The highest BCUT2D eigenvalue weighted by molar-refractivity contribution is 6.04. The summed E-state index contributed by atoms with van der Waals surface area (Å²) in [6.45, 7) is 0. The summed E-state index contributed by atoms with van der Waals surface area (Å²) in [7, 11) is 6.00. The van der Waals surface area contributed by atoms with Crippen LogP contribution in [-0.2, 0) is 14.1 Å². The van der Waals surface area contributed by atoms with Gasteiger partial charge in [-0.3, -0.25) is 18.7 Å². The summed E-state index contributed by atoms with van der Waals surface area (Å²) in [6.07, 6.45) is 0. The monoisotopic (exact) mass is 435 g/mol. The van der Waals surface area contributed by atoms with Crippen molar-refractivity contribution >= 4 is 22.8 Å². The lowest BCUT2D eigenvalue weighted by atomic mass is 10.1. The predicted molar refractivity (Wildman–Crippen MR) is 120 cm³/mol. The Bertz CT molecular complexity index is 1450. The second kappa shape index (κ2) is 8.06. The second-order valence-corrected chi connectivity index (χ2v) is 7.09. The Morgan fingerprint density at radius 2 is 1.66 bits per heavy atom. The number of benzene rings is 2. The van der Waals surface area contributed by atoms with Crippen LogP contribution in [0.4, 0.5) is 5.69 Å². The summed E-state index contributed by atoms with van der Waals surface area (Å²) >= 11 is 0. The number of carbonyl (C=O) groups is 1. The van der Waals surface area contributed by atoms with Crippen LogP contribution in [0.25, 0.3) is 22.6 Å². The van der Waals surface area contributed by atoms with Crippen LogP contribution in [0.15, 0.2) is 52.1 Å². The van der Waals surface area contributed by atoms with Crippen molar-refractivity contribution in [1.29, 1.82) is 0 Å². The lowest BCUT2D eigenvalue weighted by molar-refractivity contribution is 0.102.